The summed E-state index contributed by atoms with van der Waals surface area (Å²) in [7, 11) is 4.61. The number of ether oxygens (including phenoxy) is 3. The molecule has 0 saturated carbocycles. The Balaban J connectivity index is 1.86. The van der Waals surface area contributed by atoms with E-state index in [0.29, 0.717) is 28.6 Å². The number of aliphatic imine (C=N–C) groups is 1. The Labute approximate surface area is 163 Å². The number of carbonyl (C=O) groups is 1. The summed E-state index contributed by atoms with van der Waals surface area (Å²) < 4.78 is 16.0. The van der Waals surface area contributed by atoms with E-state index >= 15 is 0 Å². The van der Waals surface area contributed by atoms with Crippen LogP contribution in [0.1, 0.15) is 28.4 Å². The quantitative estimate of drug-likeness (QED) is 0.674. The molecule has 3 rings (SSSR count). The van der Waals surface area contributed by atoms with E-state index in [2.05, 4.69) is 36.2 Å². The van der Waals surface area contributed by atoms with Gasteiger partial charge in [0.2, 0.25) is 5.75 Å². The van der Waals surface area contributed by atoms with Crippen LogP contribution in [0.5, 0.6) is 17.2 Å². The van der Waals surface area contributed by atoms with E-state index in [4.69, 9.17) is 14.2 Å². The minimum absolute atomic E-state index is 0.0538. The molecule has 1 aliphatic heterocycles. The number of aryl methyl sites for hydroxylation is 1. The summed E-state index contributed by atoms with van der Waals surface area (Å²) in [6, 6.07) is 11.3. The molecule has 1 unspecified atom stereocenters. The second-order valence-electron chi connectivity index (χ2n) is 6.09. The molecule has 2 aromatic rings. The number of carbonyl (C=O) groups excluding carboxylic acids is 1. The second-order valence-corrected chi connectivity index (χ2v) is 7.10. The average Bonchev–Trinajstić information content (AvgIpc) is 3.22. The molecular formula is C21H23NO4S. The standard InChI is InChI=1S/C21H23NO4S/c1-5-13-6-8-14(9-7-13)21-22-16(12-27-21)19(23)15-10-17(24-2)20(26-4)18(11-15)25-3/h6-11,16H,5,12H2,1-4H3. The lowest BCUT2D eigenvalue weighted by molar-refractivity contribution is 0.0971. The van der Waals surface area contributed by atoms with Gasteiger partial charge in [0.05, 0.1) is 26.4 Å². The van der Waals surface area contributed by atoms with Crippen LogP contribution in [0.4, 0.5) is 0 Å². The molecule has 6 heteroatoms. The largest absolute Gasteiger partial charge is 0.493 e. The smallest absolute Gasteiger partial charge is 0.203 e. The Morgan fingerprint density at radius 1 is 1.07 bits per heavy atom. The molecule has 142 valence electrons. The zero-order chi connectivity index (χ0) is 19.4. The number of benzene rings is 2. The van der Waals surface area contributed by atoms with E-state index in [0.717, 1.165) is 17.0 Å². The maximum Gasteiger partial charge on any atom is 0.203 e. The normalized spacial score (nSPS) is 16.0. The average molecular weight is 385 g/mol. The molecule has 2 aromatic carbocycles. The predicted molar refractivity (Wildman–Crippen MR) is 109 cm³/mol. The number of thioether (sulfide) groups is 1. The van der Waals surface area contributed by atoms with E-state index in [1.807, 2.05) is 0 Å². The van der Waals surface area contributed by atoms with Gasteiger partial charge in [0, 0.05) is 16.9 Å². The van der Waals surface area contributed by atoms with E-state index in [1.54, 1.807) is 23.9 Å². The summed E-state index contributed by atoms with van der Waals surface area (Å²) in [4.78, 5) is 17.6. The molecule has 5 nitrogen and oxygen atoms in total. The molecule has 0 spiro atoms. The number of hydrogen-bond acceptors (Lipinski definition) is 6. The van der Waals surface area contributed by atoms with Crippen molar-refractivity contribution in [2.24, 2.45) is 4.99 Å². The van der Waals surface area contributed by atoms with Crippen LogP contribution in [0.2, 0.25) is 0 Å². The molecule has 0 amide bonds. The molecule has 27 heavy (non-hydrogen) atoms. The zero-order valence-corrected chi connectivity index (χ0v) is 16.8. The summed E-state index contributed by atoms with van der Waals surface area (Å²) in [5.74, 6) is 1.97. The lowest BCUT2D eigenvalue weighted by Crippen LogP contribution is -2.19. The first-order valence-electron chi connectivity index (χ1n) is 8.75. The number of Topliss-reactive ketones (excluding diaryl/α,β-unsaturated/α-hetero) is 1. The lowest BCUT2D eigenvalue weighted by Gasteiger charge is -2.14. The number of nitrogens with zero attached hydrogens (tertiary/aromatic N) is 1. The van der Waals surface area contributed by atoms with Crippen molar-refractivity contribution in [3.63, 3.8) is 0 Å². The van der Waals surface area contributed by atoms with Crippen molar-refractivity contribution in [2.45, 2.75) is 19.4 Å². The monoisotopic (exact) mass is 385 g/mol. The summed E-state index contributed by atoms with van der Waals surface area (Å²) >= 11 is 1.61. The molecule has 0 bridgehead atoms. The number of ketones is 1. The third-order valence-electron chi connectivity index (χ3n) is 4.51. The fourth-order valence-corrected chi connectivity index (χ4v) is 4.01. The van der Waals surface area contributed by atoms with Gasteiger partial charge in [-0.2, -0.15) is 0 Å². The van der Waals surface area contributed by atoms with Crippen molar-refractivity contribution < 1.29 is 19.0 Å². The Bertz CT molecular complexity index is 836. The third-order valence-corrected chi connectivity index (χ3v) is 5.61. The molecule has 0 aliphatic carbocycles. The number of methoxy groups -OCH3 is 3. The minimum Gasteiger partial charge on any atom is -0.493 e. The Hall–Kier alpha value is -2.47. The summed E-state index contributed by atoms with van der Waals surface area (Å²) in [5, 5.41) is 0.906. The van der Waals surface area contributed by atoms with Gasteiger partial charge < -0.3 is 14.2 Å². The highest BCUT2D eigenvalue weighted by Gasteiger charge is 2.28. The highest BCUT2D eigenvalue weighted by Crippen LogP contribution is 2.39. The molecular weight excluding hydrogens is 362 g/mol. The van der Waals surface area contributed by atoms with Gasteiger partial charge in [-0.1, -0.05) is 31.2 Å². The van der Waals surface area contributed by atoms with Gasteiger partial charge in [-0.05, 0) is 24.1 Å². The molecule has 1 heterocycles. The molecule has 0 N–H and O–H groups in total. The molecule has 0 saturated heterocycles. The van der Waals surface area contributed by atoms with Crippen molar-refractivity contribution in [2.75, 3.05) is 27.1 Å². The molecule has 0 radical (unpaired) electrons. The van der Waals surface area contributed by atoms with Crippen molar-refractivity contribution in [3.05, 3.63) is 53.1 Å². The van der Waals surface area contributed by atoms with Gasteiger partial charge in [-0.3, -0.25) is 9.79 Å². The van der Waals surface area contributed by atoms with Gasteiger partial charge in [0.1, 0.15) is 6.04 Å². The fraction of sp³-hybridized carbons (Fsp3) is 0.333. The molecule has 1 aliphatic rings. The molecule has 0 fully saturated rings. The van der Waals surface area contributed by atoms with Gasteiger partial charge in [0.15, 0.2) is 17.3 Å². The van der Waals surface area contributed by atoms with E-state index in [-0.39, 0.29) is 5.78 Å². The highest BCUT2D eigenvalue weighted by molar-refractivity contribution is 8.14. The van der Waals surface area contributed by atoms with Crippen molar-refractivity contribution >= 4 is 22.6 Å². The molecule has 1 atom stereocenters. The summed E-state index contributed by atoms with van der Waals surface area (Å²) in [6.07, 6.45) is 1.00. The van der Waals surface area contributed by atoms with Crippen molar-refractivity contribution in [1.82, 2.24) is 0 Å². The minimum atomic E-state index is -0.418. The number of hydrogen-bond donors (Lipinski definition) is 0. The third kappa shape index (κ3) is 3.95. The van der Waals surface area contributed by atoms with Crippen LogP contribution in [-0.4, -0.2) is 44.0 Å². The Morgan fingerprint density at radius 3 is 2.22 bits per heavy atom. The topological polar surface area (TPSA) is 57.1 Å². The van der Waals surface area contributed by atoms with Crippen LogP contribution in [0, 0.1) is 0 Å². The van der Waals surface area contributed by atoms with Crippen molar-refractivity contribution in [3.8, 4) is 17.2 Å². The van der Waals surface area contributed by atoms with Crippen LogP contribution < -0.4 is 14.2 Å². The van der Waals surface area contributed by atoms with Crippen molar-refractivity contribution in [1.29, 1.82) is 0 Å². The van der Waals surface area contributed by atoms with Crippen LogP contribution in [0.15, 0.2) is 41.4 Å². The second kappa shape index (κ2) is 8.48. The summed E-state index contributed by atoms with van der Waals surface area (Å²) in [6.45, 7) is 2.13. The molecule has 0 aromatic heterocycles. The first kappa shape index (κ1) is 19.3. The first-order chi connectivity index (χ1) is 13.1. The summed E-state index contributed by atoms with van der Waals surface area (Å²) in [5.41, 5.74) is 2.84. The van der Waals surface area contributed by atoms with E-state index in [1.165, 1.54) is 26.9 Å². The SMILES string of the molecule is CCc1ccc(C2=NC(C(=O)c3cc(OC)c(OC)c(OC)c3)CS2)cc1. The van der Waals surface area contributed by atoms with E-state index < -0.39 is 6.04 Å². The maximum atomic E-state index is 13.0. The van der Waals surface area contributed by atoms with Gasteiger partial charge in [-0.25, -0.2) is 0 Å². The lowest BCUT2D eigenvalue weighted by atomic mass is 10.0. The van der Waals surface area contributed by atoms with Crippen LogP contribution in [-0.2, 0) is 6.42 Å². The predicted octanol–water partition coefficient (Wildman–Crippen LogP) is 4.02. The zero-order valence-electron chi connectivity index (χ0n) is 15.9. The van der Waals surface area contributed by atoms with Crippen LogP contribution >= 0.6 is 11.8 Å². The van der Waals surface area contributed by atoms with Gasteiger partial charge >= 0.3 is 0 Å². The first-order valence-corrected chi connectivity index (χ1v) is 9.74. The van der Waals surface area contributed by atoms with Gasteiger partial charge in [-0.15, -0.1) is 11.8 Å². The Morgan fingerprint density at radius 2 is 1.70 bits per heavy atom. The van der Waals surface area contributed by atoms with Crippen LogP contribution in [0.3, 0.4) is 0 Å². The van der Waals surface area contributed by atoms with E-state index in [9.17, 15) is 4.79 Å². The highest BCUT2D eigenvalue weighted by atomic mass is 32.2. The van der Waals surface area contributed by atoms with Gasteiger partial charge in [0.25, 0.3) is 0 Å². The van der Waals surface area contributed by atoms with Crippen LogP contribution in [0.25, 0.3) is 0 Å². The number of rotatable bonds is 7. The Kier molecular flexibility index (Phi) is 6.06. The maximum absolute atomic E-state index is 13.0. The fourth-order valence-electron chi connectivity index (χ4n) is 2.96.